The highest BCUT2D eigenvalue weighted by molar-refractivity contribution is 5.99. The Morgan fingerprint density at radius 2 is 1.96 bits per heavy atom. The molecule has 1 N–H and O–H groups in total. The lowest BCUT2D eigenvalue weighted by Crippen LogP contribution is -2.26. The highest BCUT2D eigenvalue weighted by Gasteiger charge is 2.19. The van der Waals surface area contributed by atoms with Crippen LogP contribution in [0.4, 0.5) is 0 Å². The van der Waals surface area contributed by atoms with E-state index in [9.17, 15) is 4.79 Å². The van der Waals surface area contributed by atoms with E-state index in [2.05, 4.69) is 15.4 Å². The van der Waals surface area contributed by atoms with E-state index in [0.717, 1.165) is 34.9 Å². The van der Waals surface area contributed by atoms with Crippen LogP contribution in [0.15, 0.2) is 30.5 Å². The molecule has 3 aromatic rings. The van der Waals surface area contributed by atoms with Crippen LogP contribution in [-0.2, 0) is 0 Å². The summed E-state index contributed by atoms with van der Waals surface area (Å²) in [7, 11) is 0. The van der Waals surface area contributed by atoms with E-state index in [1.165, 1.54) is 0 Å². The standard InChI is InChI=1S/C20H22N4O3/c1-12-9-13(2)24-19(22-12)16(11-21-24)20(25)23-14(3)15-5-6-17-18(10-15)27-8-4-7-26-17/h5-6,9-11,14H,4,7-8H2,1-3H3,(H,23,25). The van der Waals surface area contributed by atoms with Gasteiger partial charge in [-0.2, -0.15) is 5.10 Å². The number of hydrogen-bond donors (Lipinski definition) is 1. The van der Waals surface area contributed by atoms with E-state index >= 15 is 0 Å². The molecule has 2 aromatic heterocycles. The lowest BCUT2D eigenvalue weighted by atomic mass is 10.1. The van der Waals surface area contributed by atoms with E-state index in [1.807, 2.05) is 45.0 Å². The second-order valence-corrected chi connectivity index (χ2v) is 6.78. The average Bonchev–Trinajstić information content (AvgIpc) is 2.92. The maximum absolute atomic E-state index is 12.8. The number of carbonyl (C=O) groups is 1. The molecular weight excluding hydrogens is 344 g/mol. The van der Waals surface area contributed by atoms with Crippen molar-refractivity contribution in [3.8, 4) is 11.5 Å². The van der Waals surface area contributed by atoms with Gasteiger partial charge in [-0.15, -0.1) is 0 Å². The molecule has 0 bridgehead atoms. The summed E-state index contributed by atoms with van der Waals surface area (Å²) in [6, 6.07) is 7.50. The molecule has 0 aliphatic carbocycles. The summed E-state index contributed by atoms with van der Waals surface area (Å²) in [5.74, 6) is 1.25. The molecule has 0 radical (unpaired) electrons. The van der Waals surface area contributed by atoms with Crippen molar-refractivity contribution < 1.29 is 14.3 Å². The number of fused-ring (bicyclic) bond motifs is 2. The van der Waals surface area contributed by atoms with E-state index in [-0.39, 0.29) is 11.9 Å². The molecule has 4 rings (SSSR count). The predicted octanol–water partition coefficient (Wildman–Crippen LogP) is 3.00. The van der Waals surface area contributed by atoms with Crippen LogP contribution >= 0.6 is 0 Å². The maximum Gasteiger partial charge on any atom is 0.257 e. The molecule has 1 amide bonds. The number of aromatic nitrogens is 3. The van der Waals surface area contributed by atoms with Crippen LogP contribution in [0.3, 0.4) is 0 Å². The van der Waals surface area contributed by atoms with Gasteiger partial charge in [0.25, 0.3) is 5.91 Å². The Labute approximate surface area is 157 Å². The molecule has 3 heterocycles. The minimum atomic E-state index is -0.206. The molecule has 7 heteroatoms. The molecule has 0 saturated heterocycles. The minimum absolute atomic E-state index is 0.199. The van der Waals surface area contributed by atoms with Crippen molar-refractivity contribution in [3.63, 3.8) is 0 Å². The van der Waals surface area contributed by atoms with Crippen molar-refractivity contribution >= 4 is 11.6 Å². The third-order valence-electron chi connectivity index (χ3n) is 4.64. The van der Waals surface area contributed by atoms with Crippen LogP contribution < -0.4 is 14.8 Å². The zero-order chi connectivity index (χ0) is 19.0. The zero-order valence-electron chi connectivity index (χ0n) is 15.7. The molecule has 1 atom stereocenters. The maximum atomic E-state index is 12.8. The largest absolute Gasteiger partial charge is 0.490 e. The van der Waals surface area contributed by atoms with E-state index in [0.29, 0.717) is 24.4 Å². The first-order valence-corrected chi connectivity index (χ1v) is 9.05. The quantitative estimate of drug-likeness (QED) is 0.771. The van der Waals surface area contributed by atoms with Crippen LogP contribution in [-0.4, -0.2) is 33.7 Å². The van der Waals surface area contributed by atoms with Crippen molar-refractivity contribution in [2.24, 2.45) is 0 Å². The van der Waals surface area contributed by atoms with Gasteiger partial charge in [-0.05, 0) is 44.5 Å². The van der Waals surface area contributed by atoms with E-state index in [1.54, 1.807) is 10.7 Å². The summed E-state index contributed by atoms with van der Waals surface area (Å²) >= 11 is 0. The summed E-state index contributed by atoms with van der Waals surface area (Å²) in [6.45, 7) is 7.06. The summed E-state index contributed by atoms with van der Waals surface area (Å²) < 4.78 is 13.1. The first kappa shape index (κ1) is 17.3. The number of amides is 1. The SMILES string of the molecule is Cc1cc(C)n2ncc(C(=O)NC(C)c3ccc4c(c3)OCCCO4)c2n1. The highest BCUT2D eigenvalue weighted by Crippen LogP contribution is 2.32. The van der Waals surface area contributed by atoms with Gasteiger partial charge in [0.2, 0.25) is 0 Å². The Morgan fingerprint density at radius 3 is 2.78 bits per heavy atom. The van der Waals surface area contributed by atoms with Crippen LogP contribution in [0.5, 0.6) is 11.5 Å². The first-order chi connectivity index (χ1) is 13.0. The van der Waals surface area contributed by atoms with Crippen molar-refractivity contribution in [1.82, 2.24) is 19.9 Å². The topological polar surface area (TPSA) is 77.8 Å². The molecule has 0 saturated carbocycles. The molecule has 1 unspecified atom stereocenters. The van der Waals surface area contributed by atoms with Crippen molar-refractivity contribution in [2.75, 3.05) is 13.2 Å². The predicted molar refractivity (Wildman–Crippen MR) is 100 cm³/mol. The van der Waals surface area contributed by atoms with Gasteiger partial charge in [0.1, 0.15) is 5.56 Å². The van der Waals surface area contributed by atoms with Crippen LogP contribution in [0.25, 0.3) is 5.65 Å². The van der Waals surface area contributed by atoms with Gasteiger partial charge < -0.3 is 14.8 Å². The van der Waals surface area contributed by atoms with Crippen molar-refractivity contribution in [2.45, 2.75) is 33.2 Å². The van der Waals surface area contributed by atoms with E-state index < -0.39 is 0 Å². The Balaban J connectivity index is 1.57. The van der Waals surface area contributed by atoms with Gasteiger partial charge in [0.05, 0.1) is 25.5 Å². The molecular formula is C20H22N4O3. The Kier molecular flexibility index (Phi) is 4.43. The lowest BCUT2D eigenvalue weighted by molar-refractivity contribution is 0.0941. The first-order valence-electron chi connectivity index (χ1n) is 9.05. The fraction of sp³-hybridized carbons (Fsp3) is 0.350. The van der Waals surface area contributed by atoms with Crippen LogP contribution in [0.2, 0.25) is 0 Å². The molecule has 7 nitrogen and oxygen atoms in total. The number of nitrogens with zero attached hydrogens (tertiary/aromatic N) is 3. The van der Waals surface area contributed by atoms with Gasteiger partial charge in [-0.1, -0.05) is 6.07 Å². The molecule has 140 valence electrons. The fourth-order valence-corrected chi connectivity index (χ4v) is 3.24. The lowest BCUT2D eigenvalue weighted by Gasteiger charge is -2.16. The fourth-order valence-electron chi connectivity index (χ4n) is 3.24. The average molecular weight is 366 g/mol. The van der Waals surface area contributed by atoms with Crippen LogP contribution in [0.1, 0.15) is 46.7 Å². The second kappa shape index (κ2) is 6.90. The summed E-state index contributed by atoms with van der Waals surface area (Å²) in [5.41, 5.74) is 3.77. The number of ether oxygens (including phenoxy) is 2. The van der Waals surface area contributed by atoms with Gasteiger partial charge >= 0.3 is 0 Å². The molecule has 1 aliphatic rings. The normalized spacial score (nSPS) is 14.6. The number of benzene rings is 1. The molecule has 0 fully saturated rings. The zero-order valence-corrected chi connectivity index (χ0v) is 15.7. The molecule has 27 heavy (non-hydrogen) atoms. The third-order valence-corrected chi connectivity index (χ3v) is 4.64. The van der Waals surface area contributed by atoms with Gasteiger partial charge in [0.15, 0.2) is 17.1 Å². The summed E-state index contributed by atoms with van der Waals surface area (Å²) in [5, 5.41) is 7.31. The number of nitrogens with one attached hydrogen (secondary N) is 1. The Morgan fingerprint density at radius 1 is 1.19 bits per heavy atom. The molecule has 1 aliphatic heterocycles. The van der Waals surface area contributed by atoms with Gasteiger partial charge in [-0.25, -0.2) is 9.50 Å². The van der Waals surface area contributed by atoms with Gasteiger partial charge in [-0.3, -0.25) is 4.79 Å². The molecule has 1 aromatic carbocycles. The number of carbonyl (C=O) groups excluding carboxylic acids is 1. The number of aryl methyl sites for hydroxylation is 2. The minimum Gasteiger partial charge on any atom is -0.490 e. The van der Waals surface area contributed by atoms with Crippen molar-refractivity contribution in [1.29, 1.82) is 0 Å². The monoisotopic (exact) mass is 366 g/mol. The smallest absolute Gasteiger partial charge is 0.257 e. The van der Waals surface area contributed by atoms with Gasteiger partial charge in [0, 0.05) is 17.8 Å². The Bertz CT molecular complexity index is 1010. The van der Waals surface area contributed by atoms with Crippen LogP contribution in [0, 0.1) is 13.8 Å². The Hall–Kier alpha value is -3.09. The van der Waals surface area contributed by atoms with Crippen molar-refractivity contribution in [3.05, 3.63) is 53.0 Å². The summed E-state index contributed by atoms with van der Waals surface area (Å²) in [6.07, 6.45) is 2.42. The summed E-state index contributed by atoms with van der Waals surface area (Å²) in [4.78, 5) is 17.3. The second-order valence-electron chi connectivity index (χ2n) is 6.78. The number of hydrogen-bond acceptors (Lipinski definition) is 5. The third kappa shape index (κ3) is 3.32. The van der Waals surface area contributed by atoms with E-state index in [4.69, 9.17) is 9.47 Å². The molecule has 0 spiro atoms. The number of rotatable bonds is 3. The highest BCUT2D eigenvalue weighted by atomic mass is 16.5.